The zero-order valence-electron chi connectivity index (χ0n) is 8.91. The molecule has 1 N–H and O–H groups in total. The highest BCUT2D eigenvalue weighted by Crippen LogP contribution is 2.20. The van der Waals surface area contributed by atoms with Crippen LogP contribution >= 0.6 is 0 Å². The minimum atomic E-state index is 0.107. The second kappa shape index (κ2) is 5.99. The number of aliphatic hydroxyl groups excluding tert-OH is 1. The van der Waals surface area contributed by atoms with E-state index < -0.39 is 0 Å². The molecule has 0 radical (unpaired) electrons. The van der Waals surface area contributed by atoms with E-state index in [2.05, 4.69) is 25.7 Å². The second-order valence-electron chi connectivity index (χ2n) is 4.12. The Morgan fingerprint density at radius 1 is 1.64 bits per heavy atom. The summed E-state index contributed by atoms with van der Waals surface area (Å²) in [6, 6.07) is 0. The van der Waals surface area contributed by atoms with Crippen LogP contribution in [-0.2, 0) is 4.74 Å². The normalized spacial score (nSPS) is 23.4. The van der Waals surface area contributed by atoms with Crippen LogP contribution in [0.25, 0.3) is 0 Å². The van der Waals surface area contributed by atoms with Crippen LogP contribution in [0.5, 0.6) is 0 Å². The summed E-state index contributed by atoms with van der Waals surface area (Å²) < 4.78 is 5.58. The molecule has 2 atom stereocenters. The molecule has 0 spiro atoms. The van der Waals surface area contributed by atoms with E-state index in [1.807, 2.05) is 0 Å². The topological polar surface area (TPSA) is 29.5 Å². The molecule has 2 unspecified atom stereocenters. The molecule has 0 aromatic heterocycles. The largest absolute Gasteiger partial charge is 0.392 e. The quantitative estimate of drug-likeness (QED) is 0.684. The van der Waals surface area contributed by atoms with Crippen LogP contribution in [0, 0.1) is 5.92 Å². The van der Waals surface area contributed by atoms with Crippen molar-refractivity contribution in [1.29, 1.82) is 0 Å². The van der Waals surface area contributed by atoms with Crippen molar-refractivity contribution in [2.45, 2.75) is 32.3 Å². The zero-order chi connectivity index (χ0) is 10.4. The van der Waals surface area contributed by atoms with E-state index in [4.69, 9.17) is 9.84 Å². The van der Waals surface area contributed by atoms with Crippen molar-refractivity contribution in [2.75, 3.05) is 13.2 Å². The maximum absolute atomic E-state index is 8.85. The first kappa shape index (κ1) is 11.5. The van der Waals surface area contributed by atoms with Crippen LogP contribution in [0.4, 0.5) is 0 Å². The molecular weight excluding hydrogens is 176 g/mol. The lowest BCUT2D eigenvalue weighted by atomic mass is 9.94. The van der Waals surface area contributed by atoms with Crippen molar-refractivity contribution < 1.29 is 9.84 Å². The first-order valence-electron chi connectivity index (χ1n) is 5.26. The van der Waals surface area contributed by atoms with Crippen molar-refractivity contribution in [3.05, 3.63) is 24.3 Å². The predicted octanol–water partition coefficient (Wildman–Crippen LogP) is 2.30. The molecule has 80 valence electrons. The van der Waals surface area contributed by atoms with E-state index in [0.29, 0.717) is 12.0 Å². The summed E-state index contributed by atoms with van der Waals surface area (Å²) in [6.45, 7) is 6.84. The molecule has 1 aliphatic heterocycles. The van der Waals surface area contributed by atoms with Crippen molar-refractivity contribution in [3.63, 3.8) is 0 Å². The number of hydrogen-bond acceptors (Lipinski definition) is 2. The van der Waals surface area contributed by atoms with Crippen molar-refractivity contribution in [2.24, 2.45) is 5.92 Å². The molecular formula is C12H20O2. The van der Waals surface area contributed by atoms with E-state index in [1.165, 1.54) is 0 Å². The fourth-order valence-electron chi connectivity index (χ4n) is 1.83. The summed E-state index contributed by atoms with van der Waals surface area (Å²) in [5, 5.41) is 8.85. The molecule has 0 bridgehead atoms. The summed E-state index contributed by atoms with van der Waals surface area (Å²) in [5.74, 6) is 0.547. The van der Waals surface area contributed by atoms with Gasteiger partial charge in [0.1, 0.15) is 0 Å². The first-order valence-corrected chi connectivity index (χ1v) is 5.26. The predicted molar refractivity (Wildman–Crippen MR) is 58.1 cm³/mol. The third-order valence-electron chi connectivity index (χ3n) is 2.52. The summed E-state index contributed by atoms with van der Waals surface area (Å²) in [7, 11) is 0. The van der Waals surface area contributed by atoms with Gasteiger partial charge in [-0.1, -0.05) is 31.2 Å². The molecule has 0 aliphatic carbocycles. The maximum atomic E-state index is 8.85. The second-order valence-corrected chi connectivity index (χ2v) is 4.12. The number of aliphatic hydroxyl groups is 1. The van der Waals surface area contributed by atoms with Crippen molar-refractivity contribution >= 4 is 0 Å². The van der Waals surface area contributed by atoms with Crippen LogP contribution in [0.3, 0.4) is 0 Å². The standard InChI is InChI=1S/C12H20O2/c1-10(7-11(2)9-13)8-12-5-3-4-6-14-12/h3-4,10,12-13H,2,5-9H2,1H3. The van der Waals surface area contributed by atoms with Crippen LogP contribution in [0.2, 0.25) is 0 Å². The van der Waals surface area contributed by atoms with Gasteiger partial charge in [0.2, 0.25) is 0 Å². The monoisotopic (exact) mass is 196 g/mol. The average Bonchev–Trinajstić information content (AvgIpc) is 2.19. The van der Waals surface area contributed by atoms with Crippen molar-refractivity contribution in [3.8, 4) is 0 Å². The molecule has 0 aromatic rings. The highest BCUT2D eigenvalue weighted by Gasteiger charge is 2.14. The fraction of sp³-hybridized carbons (Fsp3) is 0.667. The molecule has 14 heavy (non-hydrogen) atoms. The molecule has 0 aromatic carbocycles. The van der Waals surface area contributed by atoms with Gasteiger partial charge in [-0.2, -0.15) is 0 Å². The molecule has 0 fully saturated rings. The Morgan fingerprint density at radius 2 is 2.43 bits per heavy atom. The van der Waals surface area contributed by atoms with E-state index in [1.54, 1.807) is 0 Å². The summed E-state index contributed by atoms with van der Waals surface area (Å²) in [5.41, 5.74) is 0.920. The molecule has 1 rings (SSSR count). The number of rotatable bonds is 5. The third-order valence-corrected chi connectivity index (χ3v) is 2.52. The number of ether oxygens (including phenoxy) is 1. The Kier molecular flexibility index (Phi) is 4.91. The highest BCUT2D eigenvalue weighted by molar-refractivity contribution is 4.96. The molecule has 0 amide bonds. The Balaban J connectivity index is 2.22. The lowest BCUT2D eigenvalue weighted by Crippen LogP contribution is -2.19. The lowest BCUT2D eigenvalue weighted by molar-refractivity contribution is 0.0507. The molecule has 1 heterocycles. The van der Waals surface area contributed by atoms with Crippen LogP contribution in [-0.4, -0.2) is 24.4 Å². The first-order chi connectivity index (χ1) is 6.72. The Bertz CT molecular complexity index is 208. The van der Waals surface area contributed by atoms with Gasteiger partial charge in [0.25, 0.3) is 0 Å². The van der Waals surface area contributed by atoms with E-state index in [-0.39, 0.29) is 6.61 Å². The maximum Gasteiger partial charge on any atom is 0.0651 e. The van der Waals surface area contributed by atoms with Crippen molar-refractivity contribution in [1.82, 2.24) is 0 Å². The van der Waals surface area contributed by atoms with Crippen LogP contribution < -0.4 is 0 Å². The van der Waals surface area contributed by atoms with E-state index in [0.717, 1.165) is 31.4 Å². The van der Waals surface area contributed by atoms with Crippen LogP contribution in [0.1, 0.15) is 26.2 Å². The molecule has 2 nitrogen and oxygen atoms in total. The molecule has 1 aliphatic rings. The molecule has 2 heteroatoms. The van der Waals surface area contributed by atoms with Gasteiger partial charge in [-0.25, -0.2) is 0 Å². The van der Waals surface area contributed by atoms with E-state index >= 15 is 0 Å². The smallest absolute Gasteiger partial charge is 0.0651 e. The highest BCUT2D eigenvalue weighted by atomic mass is 16.5. The van der Waals surface area contributed by atoms with Gasteiger partial charge >= 0.3 is 0 Å². The van der Waals surface area contributed by atoms with Gasteiger partial charge in [0.15, 0.2) is 0 Å². The lowest BCUT2D eigenvalue weighted by Gasteiger charge is -2.22. The molecule has 0 saturated carbocycles. The van der Waals surface area contributed by atoms with Gasteiger partial charge in [-0.05, 0) is 25.2 Å². The van der Waals surface area contributed by atoms with Gasteiger partial charge in [-0.3, -0.25) is 0 Å². The van der Waals surface area contributed by atoms with Gasteiger partial charge in [0.05, 0.1) is 19.3 Å². The Hall–Kier alpha value is -0.600. The van der Waals surface area contributed by atoms with Gasteiger partial charge < -0.3 is 9.84 Å². The fourth-order valence-corrected chi connectivity index (χ4v) is 1.83. The average molecular weight is 196 g/mol. The van der Waals surface area contributed by atoms with Gasteiger partial charge in [-0.15, -0.1) is 0 Å². The summed E-state index contributed by atoms with van der Waals surface area (Å²) >= 11 is 0. The molecule has 0 saturated heterocycles. The minimum Gasteiger partial charge on any atom is -0.392 e. The summed E-state index contributed by atoms with van der Waals surface area (Å²) in [6.07, 6.45) is 7.59. The van der Waals surface area contributed by atoms with Crippen LogP contribution in [0.15, 0.2) is 24.3 Å². The SMILES string of the molecule is C=C(CO)CC(C)CC1CC=CCO1. The zero-order valence-corrected chi connectivity index (χ0v) is 8.91. The third kappa shape index (κ3) is 4.07. The van der Waals surface area contributed by atoms with E-state index in [9.17, 15) is 0 Å². The van der Waals surface area contributed by atoms with Gasteiger partial charge in [0, 0.05) is 0 Å². The summed E-state index contributed by atoms with van der Waals surface area (Å²) in [4.78, 5) is 0. The Labute approximate surface area is 86.3 Å². The Morgan fingerprint density at radius 3 is 3.00 bits per heavy atom. The minimum absolute atomic E-state index is 0.107. The number of hydrogen-bond donors (Lipinski definition) is 1.